The Balaban J connectivity index is 2.34. The molecule has 0 atom stereocenters. The fourth-order valence-electron chi connectivity index (χ4n) is 1.57. The number of hydrogen-bond acceptors (Lipinski definition) is 3. The number of nitrogen functional groups attached to an aromatic ring is 1. The Hall–Kier alpha value is -2.30. The molecule has 0 bridgehead atoms. The Morgan fingerprint density at radius 3 is 2.56 bits per heavy atom. The van der Waals surface area contributed by atoms with Crippen molar-refractivity contribution in [1.82, 2.24) is 0 Å². The molecule has 0 saturated carbocycles. The molecule has 0 spiro atoms. The van der Waals surface area contributed by atoms with Gasteiger partial charge in [-0.3, -0.25) is 0 Å². The summed E-state index contributed by atoms with van der Waals surface area (Å²) in [7, 11) is 1.49. The third-order valence-corrected chi connectivity index (χ3v) is 2.49. The number of rotatable bonds is 3. The smallest absolute Gasteiger partial charge is 0.149 e. The molecule has 0 aliphatic heterocycles. The minimum Gasteiger partial charge on any atom is -0.495 e. The lowest BCUT2D eigenvalue weighted by molar-refractivity contribution is 0.417. The predicted molar refractivity (Wildman–Crippen MR) is 67.0 cm³/mol. The number of ether oxygens (including phenoxy) is 1. The molecular weight excluding hydrogens is 238 g/mol. The van der Waals surface area contributed by atoms with Crippen molar-refractivity contribution in [3.63, 3.8) is 0 Å². The van der Waals surface area contributed by atoms with Gasteiger partial charge in [0, 0.05) is 6.07 Å². The van der Waals surface area contributed by atoms with Gasteiger partial charge in [-0.1, -0.05) is 6.07 Å². The van der Waals surface area contributed by atoms with Gasteiger partial charge in [-0.15, -0.1) is 0 Å². The maximum absolute atomic E-state index is 13.5. The Morgan fingerprint density at radius 2 is 1.89 bits per heavy atom. The second-order valence-corrected chi connectivity index (χ2v) is 3.67. The van der Waals surface area contributed by atoms with Crippen molar-refractivity contribution < 1.29 is 13.5 Å². The largest absolute Gasteiger partial charge is 0.495 e. The summed E-state index contributed by atoms with van der Waals surface area (Å²) in [6.45, 7) is 0. The summed E-state index contributed by atoms with van der Waals surface area (Å²) in [5.74, 6) is -0.823. The summed E-state index contributed by atoms with van der Waals surface area (Å²) < 4.78 is 31.3. The molecule has 2 aromatic carbocycles. The molecule has 0 unspecified atom stereocenters. The maximum atomic E-state index is 13.5. The highest BCUT2D eigenvalue weighted by molar-refractivity contribution is 5.77. The van der Waals surface area contributed by atoms with Gasteiger partial charge in [-0.05, 0) is 24.3 Å². The van der Waals surface area contributed by atoms with E-state index in [-0.39, 0.29) is 5.69 Å². The number of halogens is 2. The summed E-state index contributed by atoms with van der Waals surface area (Å²) in [6, 6.07) is 8.38. The average molecular weight is 250 g/mol. The fraction of sp³-hybridized carbons (Fsp3) is 0.0769. The van der Waals surface area contributed by atoms with Crippen LogP contribution in [0.2, 0.25) is 0 Å². The van der Waals surface area contributed by atoms with Crippen LogP contribution in [-0.4, -0.2) is 7.11 Å². The molecule has 0 aliphatic carbocycles. The number of nitrogens with two attached hydrogens (primary N) is 1. The van der Waals surface area contributed by atoms with Crippen molar-refractivity contribution in [2.45, 2.75) is 0 Å². The van der Waals surface area contributed by atoms with E-state index in [9.17, 15) is 8.78 Å². The number of nitrogens with one attached hydrogen (secondary N) is 1. The standard InChI is InChI=1S/C13H12F2N2O/c1-18-12-4-2-3-11(13(12)16)17-10-6-5-8(14)7-9(10)15/h2-7,17H,16H2,1H3. The summed E-state index contributed by atoms with van der Waals surface area (Å²) in [5, 5.41) is 2.80. The number of anilines is 3. The predicted octanol–water partition coefficient (Wildman–Crippen LogP) is 3.30. The van der Waals surface area contributed by atoms with Crippen LogP contribution in [0.3, 0.4) is 0 Å². The van der Waals surface area contributed by atoms with Crippen LogP contribution in [0, 0.1) is 11.6 Å². The van der Waals surface area contributed by atoms with Gasteiger partial charge in [-0.25, -0.2) is 8.78 Å². The van der Waals surface area contributed by atoms with Crippen LogP contribution in [0.4, 0.5) is 25.8 Å². The second kappa shape index (κ2) is 4.91. The van der Waals surface area contributed by atoms with E-state index in [0.717, 1.165) is 6.07 Å². The fourth-order valence-corrected chi connectivity index (χ4v) is 1.57. The van der Waals surface area contributed by atoms with E-state index in [1.807, 2.05) is 0 Å². The molecule has 18 heavy (non-hydrogen) atoms. The Morgan fingerprint density at radius 1 is 1.11 bits per heavy atom. The summed E-state index contributed by atoms with van der Waals surface area (Å²) in [5.41, 5.74) is 6.85. The highest BCUT2D eigenvalue weighted by Crippen LogP contribution is 2.31. The molecule has 0 saturated heterocycles. The lowest BCUT2D eigenvalue weighted by atomic mass is 10.2. The van der Waals surface area contributed by atoms with Crippen molar-refractivity contribution in [3.8, 4) is 5.75 Å². The first-order valence-electron chi connectivity index (χ1n) is 5.26. The minimum absolute atomic E-state index is 0.149. The number of benzene rings is 2. The van der Waals surface area contributed by atoms with Crippen molar-refractivity contribution >= 4 is 17.1 Å². The first kappa shape index (κ1) is 12.2. The van der Waals surface area contributed by atoms with E-state index in [1.54, 1.807) is 18.2 Å². The zero-order chi connectivity index (χ0) is 13.1. The van der Waals surface area contributed by atoms with Gasteiger partial charge in [0.25, 0.3) is 0 Å². The molecule has 5 heteroatoms. The summed E-state index contributed by atoms with van der Waals surface area (Å²) in [6.07, 6.45) is 0. The van der Waals surface area contributed by atoms with Crippen LogP contribution in [0.5, 0.6) is 5.75 Å². The second-order valence-electron chi connectivity index (χ2n) is 3.67. The molecule has 0 fully saturated rings. The molecule has 94 valence electrons. The number of methoxy groups -OCH3 is 1. The monoisotopic (exact) mass is 250 g/mol. The average Bonchev–Trinajstić information content (AvgIpc) is 2.35. The maximum Gasteiger partial charge on any atom is 0.149 e. The quantitative estimate of drug-likeness (QED) is 0.822. The zero-order valence-corrected chi connectivity index (χ0v) is 9.71. The third kappa shape index (κ3) is 2.34. The minimum atomic E-state index is -0.683. The number of para-hydroxylation sites is 1. The van der Waals surface area contributed by atoms with Gasteiger partial charge in [0.1, 0.15) is 17.4 Å². The van der Waals surface area contributed by atoms with E-state index >= 15 is 0 Å². The van der Waals surface area contributed by atoms with Gasteiger partial charge in [-0.2, -0.15) is 0 Å². The summed E-state index contributed by atoms with van der Waals surface area (Å²) >= 11 is 0. The first-order valence-corrected chi connectivity index (χ1v) is 5.26. The molecule has 3 nitrogen and oxygen atoms in total. The molecule has 0 aliphatic rings. The molecule has 0 aromatic heterocycles. The van der Waals surface area contributed by atoms with Gasteiger partial charge in [0.05, 0.1) is 24.2 Å². The molecule has 2 rings (SSSR count). The molecule has 3 N–H and O–H groups in total. The molecule has 0 amide bonds. The highest BCUT2D eigenvalue weighted by Gasteiger charge is 2.08. The number of hydrogen-bond donors (Lipinski definition) is 2. The van der Waals surface area contributed by atoms with Gasteiger partial charge in [0.2, 0.25) is 0 Å². The third-order valence-electron chi connectivity index (χ3n) is 2.49. The van der Waals surface area contributed by atoms with Crippen molar-refractivity contribution in [2.75, 3.05) is 18.2 Å². The van der Waals surface area contributed by atoms with E-state index in [4.69, 9.17) is 10.5 Å². The van der Waals surface area contributed by atoms with Crippen molar-refractivity contribution in [3.05, 3.63) is 48.0 Å². The highest BCUT2D eigenvalue weighted by atomic mass is 19.1. The Labute approximate surface area is 103 Å². The Kier molecular flexibility index (Phi) is 3.32. The van der Waals surface area contributed by atoms with Crippen LogP contribution in [0.1, 0.15) is 0 Å². The molecule has 0 heterocycles. The van der Waals surface area contributed by atoms with Crippen LogP contribution in [0.25, 0.3) is 0 Å². The lowest BCUT2D eigenvalue weighted by Crippen LogP contribution is -2.00. The first-order chi connectivity index (χ1) is 8.61. The van der Waals surface area contributed by atoms with E-state index in [1.165, 1.54) is 19.2 Å². The molecule has 0 radical (unpaired) electrons. The van der Waals surface area contributed by atoms with E-state index in [2.05, 4.69) is 5.32 Å². The summed E-state index contributed by atoms with van der Waals surface area (Å²) in [4.78, 5) is 0. The topological polar surface area (TPSA) is 47.3 Å². The van der Waals surface area contributed by atoms with Gasteiger partial charge < -0.3 is 15.8 Å². The van der Waals surface area contributed by atoms with Gasteiger partial charge >= 0.3 is 0 Å². The lowest BCUT2D eigenvalue weighted by Gasteiger charge is -2.12. The normalized spacial score (nSPS) is 10.2. The van der Waals surface area contributed by atoms with Crippen LogP contribution >= 0.6 is 0 Å². The van der Waals surface area contributed by atoms with Crippen LogP contribution in [-0.2, 0) is 0 Å². The SMILES string of the molecule is COc1cccc(Nc2ccc(F)cc2F)c1N. The molecular formula is C13H12F2N2O. The van der Waals surface area contributed by atoms with Gasteiger partial charge in [0.15, 0.2) is 0 Å². The van der Waals surface area contributed by atoms with Crippen molar-refractivity contribution in [2.24, 2.45) is 0 Å². The van der Waals surface area contributed by atoms with Crippen LogP contribution in [0.15, 0.2) is 36.4 Å². The Bertz CT molecular complexity index is 573. The van der Waals surface area contributed by atoms with Crippen molar-refractivity contribution in [1.29, 1.82) is 0 Å². The van der Waals surface area contributed by atoms with Crippen LogP contribution < -0.4 is 15.8 Å². The molecule has 2 aromatic rings. The zero-order valence-electron chi connectivity index (χ0n) is 9.71. The van der Waals surface area contributed by atoms with E-state index < -0.39 is 11.6 Å². The van der Waals surface area contributed by atoms with E-state index in [0.29, 0.717) is 17.1 Å².